The van der Waals surface area contributed by atoms with E-state index in [1.54, 1.807) is 24.3 Å². The van der Waals surface area contributed by atoms with Crippen molar-refractivity contribution in [1.29, 1.82) is 0 Å². The number of nitro benzene ring substituents is 1. The molecule has 4 aromatic rings. The molecule has 3 aromatic carbocycles. The molecule has 8 nitrogen and oxygen atoms in total. The molecule has 0 bridgehead atoms. The van der Waals surface area contributed by atoms with Gasteiger partial charge in [0.05, 0.1) is 10.1 Å². The number of benzene rings is 3. The minimum Gasteiger partial charge on any atom is -0.870 e. The van der Waals surface area contributed by atoms with Gasteiger partial charge in [-0.1, -0.05) is 48.2 Å². The van der Waals surface area contributed by atoms with E-state index in [4.69, 9.17) is 0 Å². The fourth-order valence-electron chi connectivity index (χ4n) is 3.09. The lowest BCUT2D eigenvalue weighted by Gasteiger charge is -2.08. The number of rotatable bonds is 6. The van der Waals surface area contributed by atoms with Crippen LogP contribution in [0.25, 0.3) is 23.0 Å². The number of fused-ring (bicyclic) bond motifs is 1. The van der Waals surface area contributed by atoms with Crippen LogP contribution in [-0.2, 0) is 6.54 Å². The summed E-state index contributed by atoms with van der Waals surface area (Å²) in [6.07, 6.45) is 1.38. The van der Waals surface area contributed by atoms with E-state index >= 15 is 0 Å². The summed E-state index contributed by atoms with van der Waals surface area (Å²) in [6.45, 7) is -0.0707. The van der Waals surface area contributed by atoms with Gasteiger partial charge in [0.15, 0.2) is 12.1 Å². The lowest BCUT2D eigenvalue weighted by atomic mass is 10.1. The van der Waals surface area contributed by atoms with Crippen LogP contribution in [0.5, 0.6) is 0 Å². The standard InChI is InChI=1S/C22H16N4O4/c27-21(16-6-2-1-3-7-16)14-24-19-8-4-5-9-20(19)25(23-24)15-22(28)17-10-12-18(13-11-17)26(29)30/h1-14H,15H2. The van der Waals surface area contributed by atoms with Crippen molar-refractivity contribution in [3.63, 3.8) is 0 Å². The summed E-state index contributed by atoms with van der Waals surface area (Å²) in [4.78, 5) is 22.9. The largest absolute Gasteiger partial charge is 0.870 e. The van der Waals surface area contributed by atoms with Crippen molar-refractivity contribution in [2.75, 3.05) is 0 Å². The van der Waals surface area contributed by atoms with Crippen molar-refractivity contribution < 1.29 is 19.5 Å². The van der Waals surface area contributed by atoms with Gasteiger partial charge >= 0.3 is 0 Å². The number of carbonyl (C=O) groups excluding carboxylic acids is 1. The van der Waals surface area contributed by atoms with Crippen molar-refractivity contribution in [2.24, 2.45) is 0 Å². The van der Waals surface area contributed by atoms with Crippen LogP contribution < -0.4 is 9.79 Å². The lowest BCUT2D eigenvalue weighted by Crippen LogP contribution is -2.40. The highest BCUT2D eigenvalue weighted by Crippen LogP contribution is 2.15. The van der Waals surface area contributed by atoms with Crippen LogP contribution in [0, 0.1) is 10.1 Å². The number of hydrogen-bond donors (Lipinski definition) is 0. The van der Waals surface area contributed by atoms with Gasteiger partial charge in [-0.15, -0.1) is 9.36 Å². The van der Waals surface area contributed by atoms with Crippen LogP contribution in [-0.4, -0.2) is 20.6 Å². The number of carbonyl (C=O) groups is 1. The van der Waals surface area contributed by atoms with E-state index in [2.05, 4.69) is 5.21 Å². The third-order valence-corrected chi connectivity index (χ3v) is 4.60. The van der Waals surface area contributed by atoms with Crippen LogP contribution in [0.1, 0.15) is 15.9 Å². The van der Waals surface area contributed by atoms with Crippen LogP contribution in [0.15, 0.2) is 78.9 Å². The summed E-state index contributed by atoms with van der Waals surface area (Å²) < 4.78 is 2.96. The summed E-state index contributed by atoms with van der Waals surface area (Å²) in [5, 5.41) is 27.7. The summed E-state index contributed by atoms with van der Waals surface area (Å²) in [5.74, 6) is -0.461. The quantitative estimate of drug-likeness (QED) is 0.163. The van der Waals surface area contributed by atoms with E-state index in [0.29, 0.717) is 22.2 Å². The Morgan fingerprint density at radius 1 is 0.967 bits per heavy atom. The Kier molecular flexibility index (Phi) is 5.04. The fourth-order valence-corrected chi connectivity index (χ4v) is 3.09. The predicted octanol–water partition coefficient (Wildman–Crippen LogP) is 2.43. The third kappa shape index (κ3) is 3.79. The molecule has 0 amide bonds. The Bertz CT molecular complexity index is 1260. The Hall–Kier alpha value is -4.33. The number of Topliss-reactive ketones (excluding diaryl/α,β-unsaturated/α-hetero) is 1. The molecule has 4 rings (SSSR count). The first kappa shape index (κ1) is 19.0. The second-order valence-electron chi connectivity index (χ2n) is 6.57. The van der Waals surface area contributed by atoms with Gasteiger partial charge in [-0.3, -0.25) is 14.9 Å². The number of para-hydroxylation sites is 2. The van der Waals surface area contributed by atoms with Crippen molar-refractivity contribution in [3.05, 3.63) is 100 Å². The molecular weight excluding hydrogens is 384 g/mol. The fraction of sp³-hybridized carbons (Fsp3) is 0.0455. The number of nitro groups is 1. The number of aromatic nitrogens is 3. The molecule has 0 aliphatic carbocycles. The molecule has 30 heavy (non-hydrogen) atoms. The molecule has 148 valence electrons. The molecule has 0 fully saturated rings. The van der Waals surface area contributed by atoms with Gasteiger partial charge in [-0.2, -0.15) is 0 Å². The van der Waals surface area contributed by atoms with Gasteiger partial charge in [0.2, 0.25) is 11.3 Å². The molecule has 0 atom stereocenters. The molecule has 1 aromatic heterocycles. The maximum Gasteiger partial charge on any atom is 0.269 e. The van der Waals surface area contributed by atoms with Crippen LogP contribution in [0.3, 0.4) is 0 Å². The molecule has 0 aliphatic rings. The second kappa shape index (κ2) is 7.96. The molecular formula is C22H16N4O4. The zero-order valence-corrected chi connectivity index (χ0v) is 15.7. The van der Waals surface area contributed by atoms with Crippen molar-refractivity contribution >= 4 is 34.5 Å². The summed E-state index contributed by atoms with van der Waals surface area (Å²) in [5.41, 5.74) is 2.16. The SMILES string of the molecule is O=C(C[n+]1nn(/C=C(\[O-])c2ccccc2)c2ccccc21)c1ccc([N+](=O)[O-])cc1. The minimum atomic E-state index is -0.516. The van der Waals surface area contributed by atoms with E-state index in [9.17, 15) is 20.0 Å². The van der Waals surface area contributed by atoms with Gasteiger partial charge in [0.25, 0.3) is 5.69 Å². The van der Waals surface area contributed by atoms with Gasteiger partial charge in [-0.05, 0) is 29.8 Å². The van der Waals surface area contributed by atoms with Gasteiger partial charge in [-0.25, -0.2) is 0 Å². The average Bonchev–Trinajstić information content (AvgIpc) is 3.11. The number of non-ortho nitro benzene ring substituents is 1. The highest BCUT2D eigenvalue weighted by Gasteiger charge is 2.20. The molecule has 0 spiro atoms. The summed E-state index contributed by atoms with van der Waals surface area (Å²) in [6, 6.07) is 21.5. The monoisotopic (exact) mass is 400 g/mol. The zero-order chi connectivity index (χ0) is 21.1. The first-order valence-electron chi connectivity index (χ1n) is 9.12. The van der Waals surface area contributed by atoms with Crippen molar-refractivity contribution in [1.82, 2.24) is 9.90 Å². The highest BCUT2D eigenvalue weighted by molar-refractivity contribution is 5.95. The Labute approximate surface area is 171 Å². The first-order valence-corrected chi connectivity index (χ1v) is 9.12. The van der Waals surface area contributed by atoms with Gasteiger partial charge in [0.1, 0.15) is 6.20 Å². The summed E-state index contributed by atoms with van der Waals surface area (Å²) in [7, 11) is 0. The zero-order valence-electron chi connectivity index (χ0n) is 15.7. The molecule has 0 saturated carbocycles. The van der Waals surface area contributed by atoms with E-state index in [-0.39, 0.29) is 23.8 Å². The number of nitrogens with zero attached hydrogens (tertiary/aromatic N) is 4. The number of hydrogen-bond acceptors (Lipinski definition) is 5. The van der Waals surface area contributed by atoms with Crippen molar-refractivity contribution in [3.8, 4) is 0 Å². The smallest absolute Gasteiger partial charge is 0.269 e. The Morgan fingerprint density at radius 3 is 2.33 bits per heavy atom. The van der Waals surface area contributed by atoms with Crippen LogP contribution in [0.4, 0.5) is 5.69 Å². The molecule has 8 heteroatoms. The molecule has 0 aliphatic heterocycles. The normalized spacial score (nSPS) is 11.5. The lowest BCUT2D eigenvalue weighted by molar-refractivity contribution is -0.719. The van der Waals surface area contributed by atoms with E-state index in [1.165, 1.54) is 39.8 Å². The predicted molar refractivity (Wildman–Crippen MR) is 108 cm³/mol. The average molecular weight is 400 g/mol. The van der Waals surface area contributed by atoms with Crippen LogP contribution in [0.2, 0.25) is 0 Å². The minimum absolute atomic E-state index is 0.0707. The molecule has 0 unspecified atom stereocenters. The summed E-state index contributed by atoms with van der Waals surface area (Å²) >= 11 is 0. The first-order chi connectivity index (χ1) is 14.5. The van der Waals surface area contributed by atoms with Crippen molar-refractivity contribution in [2.45, 2.75) is 6.54 Å². The van der Waals surface area contributed by atoms with Gasteiger partial charge in [0, 0.05) is 17.7 Å². The van der Waals surface area contributed by atoms with E-state index in [0.717, 1.165) is 0 Å². The third-order valence-electron chi connectivity index (χ3n) is 4.60. The van der Waals surface area contributed by atoms with Crippen LogP contribution >= 0.6 is 0 Å². The molecule has 0 saturated heterocycles. The Morgan fingerprint density at radius 2 is 1.63 bits per heavy atom. The van der Waals surface area contributed by atoms with Gasteiger partial charge < -0.3 is 5.11 Å². The highest BCUT2D eigenvalue weighted by atomic mass is 16.6. The molecule has 0 N–H and O–H groups in total. The maximum atomic E-state index is 12.7. The second-order valence-corrected chi connectivity index (χ2v) is 6.57. The number of ketones is 1. The molecule has 0 radical (unpaired) electrons. The molecule has 1 heterocycles. The van der Waals surface area contributed by atoms with E-state index < -0.39 is 4.92 Å². The van der Waals surface area contributed by atoms with E-state index in [1.807, 2.05) is 30.3 Å². The Balaban J connectivity index is 1.67. The maximum absolute atomic E-state index is 12.7. The topological polar surface area (TPSA) is 105 Å².